The highest BCUT2D eigenvalue weighted by atomic mass is 32.2. The second-order valence-corrected chi connectivity index (χ2v) is 5.79. The summed E-state index contributed by atoms with van der Waals surface area (Å²) in [5.41, 5.74) is 0.152. The van der Waals surface area contributed by atoms with E-state index in [1.54, 1.807) is 7.05 Å². The summed E-state index contributed by atoms with van der Waals surface area (Å²) in [5, 5.41) is 12.3. The lowest BCUT2D eigenvalue weighted by molar-refractivity contribution is 0.350. The first kappa shape index (κ1) is 15.0. The molecule has 1 aromatic carbocycles. The first-order chi connectivity index (χ1) is 9.92. The number of hydrogen-bond acceptors (Lipinski definition) is 4. The van der Waals surface area contributed by atoms with Gasteiger partial charge in [0.25, 0.3) is 10.0 Å². The molecule has 0 radical (unpaired) electrons. The number of nitrogens with zero attached hydrogens (tertiary/aromatic N) is 2. The summed E-state index contributed by atoms with van der Waals surface area (Å²) in [6, 6.07) is 3.81. The first-order valence-electron chi connectivity index (χ1n) is 5.83. The molecule has 1 aromatic heterocycles. The van der Waals surface area contributed by atoms with Gasteiger partial charge in [-0.15, -0.1) is 0 Å². The zero-order valence-electron chi connectivity index (χ0n) is 11.0. The Balaban J connectivity index is 2.27. The molecular weight excluding hydrogens is 297 g/mol. The van der Waals surface area contributed by atoms with Crippen molar-refractivity contribution in [1.29, 1.82) is 0 Å². The van der Waals surface area contributed by atoms with E-state index in [0.29, 0.717) is 5.56 Å². The molecule has 1 heterocycles. The van der Waals surface area contributed by atoms with Crippen molar-refractivity contribution in [3.8, 4) is 11.8 Å². The second-order valence-electron chi connectivity index (χ2n) is 4.11. The Morgan fingerprint density at radius 3 is 2.81 bits per heavy atom. The van der Waals surface area contributed by atoms with E-state index < -0.39 is 15.8 Å². The molecule has 21 heavy (non-hydrogen) atoms. The predicted molar refractivity (Wildman–Crippen MR) is 74.4 cm³/mol. The van der Waals surface area contributed by atoms with Crippen molar-refractivity contribution in [1.82, 2.24) is 9.78 Å². The van der Waals surface area contributed by atoms with Crippen LogP contribution in [0.1, 0.15) is 5.56 Å². The van der Waals surface area contributed by atoms with Gasteiger partial charge in [-0.2, -0.15) is 5.10 Å². The quantitative estimate of drug-likeness (QED) is 0.818. The van der Waals surface area contributed by atoms with Crippen LogP contribution < -0.4 is 4.72 Å². The largest absolute Gasteiger partial charge is 0.384 e. The van der Waals surface area contributed by atoms with Gasteiger partial charge in [0, 0.05) is 18.8 Å². The molecule has 2 aromatic rings. The summed E-state index contributed by atoms with van der Waals surface area (Å²) in [4.78, 5) is -0.0615. The number of hydrogen-bond donors (Lipinski definition) is 2. The number of aryl methyl sites for hydroxylation is 1. The standard InChI is InChI=1S/C13H12FN3O3S/c1-17-9-11(8-15-17)21(19,20)16-13-5-4-10(3-2-6-18)7-12(13)14/h4-5,7-9,16,18H,6H2,1H3. The maximum absolute atomic E-state index is 13.9. The highest BCUT2D eigenvalue weighted by molar-refractivity contribution is 7.92. The normalized spacial score (nSPS) is 10.8. The average molecular weight is 309 g/mol. The lowest BCUT2D eigenvalue weighted by Crippen LogP contribution is -2.13. The van der Waals surface area contributed by atoms with Gasteiger partial charge in [-0.1, -0.05) is 11.8 Å². The summed E-state index contributed by atoms with van der Waals surface area (Å²) < 4.78 is 41.4. The van der Waals surface area contributed by atoms with E-state index in [4.69, 9.17) is 5.11 Å². The van der Waals surface area contributed by atoms with Crippen LogP contribution in [0.2, 0.25) is 0 Å². The fraction of sp³-hybridized carbons (Fsp3) is 0.154. The number of aromatic nitrogens is 2. The van der Waals surface area contributed by atoms with Crippen LogP contribution >= 0.6 is 0 Å². The van der Waals surface area contributed by atoms with E-state index in [2.05, 4.69) is 21.7 Å². The molecule has 0 atom stereocenters. The third-order valence-corrected chi connectivity index (χ3v) is 3.84. The molecule has 0 fully saturated rings. The van der Waals surface area contributed by atoms with Crippen molar-refractivity contribution in [3.63, 3.8) is 0 Å². The predicted octanol–water partition coefficient (Wildman–Crippen LogP) is 0.704. The molecule has 2 N–H and O–H groups in total. The van der Waals surface area contributed by atoms with Crippen LogP contribution in [0.15, 0.2) is 35.5 Å². The van der Waals surface area contributed by atoms with Crippen LogP contribution in [0.5, 0.6) is 0 Å². The molecule has 0 saturated heterocycles. The zero-order valence-corrected chi connectivity index (χ0v) is 11.9. The number of rotatable bonds is 3. The number of aliphatic hydroxyl groups excluding tert-OH is 1. The minimum atomic E-state index is -3.89. The van der Waals surface area contributed by atoms with E-state index in [1.165, 1.54) is 29.2 Å². The minimum Gasteiger partial charge on any atom is -0.384 e. The monoisotopic (exact) mass is 309 g/mol. The van der Waals surface area contributed by atoms with Crippen molar-refractivity contribution in [2.75, 3.05) is 11.3 Å². The van der Waals surface area contributed by atoms with Gasteiger partial charge in [-0.25, -0.2) is 12.8 Å². The summed E-state index contributed by atoms with van der Waals surface area (Å²) in [6.45, 7) is -0.336. The molecule has 0 unspecified atom stereocenters. The molecule has 0 spiro atoms. The van der Waals surface area contributed by atoms with Crippen molar-refractivity contribution in [2.45, 2.75) is 4.90 Å². The fourth-order valence-corrected chi connectivity index (χ4v) is 2.61. The van der Waals surface area contributed by atoms with Crippen LogP contribution in [-0.2, 0) is 17.1 Å². The number of sulfonamides is 1. The lowest BCUT2D eigenvalue weighted by atomic mass is 10.2. The highest BCUT2D eigenvalue weighted by Gasteiger charge is 2.18. The van der Waals surface area contributed by atoms with Gasteiger partial charge >= 0.3 is 0 Å². The van der Waals surface area contributed by atoms with E-state index in [0.717, 1.165) is 6.07 Å². The molecule has 0 aliphatic heterocycles. The van der Waals surface area contributed by atoms with Crippen LogP contribution in [0.4, 0.5) is 10.1 Å². The van der Waals surface area contributed by atoms with Gasteiger partial charge < -0.3 is 5.11 Å². The zero-order chi connectivity index (χ0) is 15.5. The lowest BCUT2D eigenvalue weighted by Gasteiger charge is -2.07. The summed E-state index contributed by atoms with van der Waals surface area (Å²) in [6.07, 6.45) is 2.47. The maximum atomic E-state index is 13.9. The van der Waals surface area contributed by atoms with Crippen molar-refractivity contribution < 1.29 is 17.9 Å². The highest BCUT2D eigenvalue weighted by Crippen LogP contribution is 2.19. The Kier molecular flexibility index (Phi) is 4.26. The van der Waals surface area contributed by atoms with E-state index in [-0.39, 0.29) is 17.2 Å². The number of aliphatic hydroxyl groups is 1. The Morgan fingerprint density at radius 2 is 2.24 bits per heavy atom. The topological polar surface area (TPSA) is 84.2 Å². The Morgan fingerprint density at radius 1 is 1.48 bits per heavy atom. The van der Waals surface area contributed by atoms with Gasteiger partial charge in [-0.05, 0) is 18.2 Å². The molecule has 0 aliphatic rings. The Bertz CT molecular complexity index is 819. The Hall–Kier alpha value is -2.37. The molecule has 6 nitrogen and oxygen atoms in total. The molecule has 8 heteroatoms. The van der Waals surface area contributed by atoms with Crippen LogP contribution in [-0.4, -0.2) is 29.9 Å². The maximum Gasteiger partial charge on any atom is 0.265 e. The third kappa shape index (κ3) is 3.59. The van der Waals surface area contributed by atoms with Gasteiger partial charge in [0.15, 0.2) is 0 Å². The minimum absolute atomic E-state index is 0.0615. The van der Waals surface area contributed by atoms with Gasteiger partial charge in [0.1, 0.15) is 17.3 Å². The van der Waals surface area contributed by atoms with Crippen LogP contribution in [0, 0.1) is 17.7 Å². The Labute approximate surface area is 121 Å². The SMILES string of the molecule is Cn1cc(S(=O)(=O)Nc2ccc(C#CCO)cc2F)cn1. The van der Waals surface area contributed by atoms with Gasteiger partial charge in [0.2, 0.25) is 0 Å². The van der Waals surface area contributed by atoms with Crippen molar-refractivity contribution in [2.24, 2.45) is 7.05 Å². The fourth-order valence-electron chi connectivity index (χ4n) is 1.56. The summed E-state index contributed by atoms with van der Waals surface area (Å²) in [7, 11) is -2.32. The number of nitrogens with one attached hydrogen (secondary N) is 1. The number of benzene rings is 1. The molecule has 0 saturated carbocycles. The summed E-state index contributed by atoms with van der Waals surface area (Å²) in [5.74, 6) is 4.15. The van der Waals surface area contributed by atoms with Crippen LogP contribution in [0.25, 0.3) is 0 Å². The number of anilines is 1. The van der Waals surface area contributed by atoms with Crippen molar-refractivity contribution >= 4 is 15.7 Å². The molecule has 0 aliphatic carbocycles. The van der Waals surface area contributed by atoms with Crippen LogP contribution in [0.3, 0.4) is 0 Å². The molecule has 110 valence electrons. The summed E-state index contributed by atoms with van der Waals surface area (Å²) >= 11 is 0. The third-order valence-electron chi connectivity index (χ3n) is 2.52. The molecule has 2 rings (SSSR count). The van der Waals surface area contributed by atoms with Crippen molar-refractivity contribution in [3.05, 3.63) is 42.0 Å². The molecule has 0 bridgehead atoms. The smallest absolute Gasteiger partial charge is 0.265 e. The molecule has 0 amide bonds. The molecular formula is C13H12FN3O3S. The first-order valence-corrected chi connectivity index (χ1v) is 7.31. The van der Waals surface area contributed by atoms with E-state index >= 15 is 0 Å². The van der Waals surface area contributed by atoms with Gasteiger partial charge in [0.05, 0.1) is 11.9 Å². The van der Waals surface area contributed by atoms with Gasteiger partial charge in [-0.3, -0.25) is 9.40 Å². The van der Waals surface area contributed by atoms with E-state index in [9.17, 15) is 12.8 Å². The van der Waals surface area contributed by atoms with E-state index in [1.807, 2.05) is 0 Å². The average Bonchev–Trinajstić information content (AvgIpc) is 2.86. The number of halogens is 1. The second kappa shape index (κ2) is 5.95.